The van der Waals surface area contributed by atoms with Crippen LogP contribution in [0.3, 0.4) is 0 Å². The predicted molar refractivity (Wildman–Crippen MR) is 82.5 cm³/mol. The van der Waals surface area contributed by atoms with E-state index in [9.17, 15) is 4.79 Å². The number of benzene rings is 1. The van der Waals surface area contributed by atoms with Gasteiger partial charge in [0.2, 0.25) is 5.91 Å². The number of amides is 1. The van der Waals surface area contributed by atoms with Crippen LogP contribution < -0.4 is 11.1 Å². The van der Waals surface area contributed by atoms with Gasteiger partial charge in [-0.25, -0.2) is 0 Å². The molecule has 110 valence electrons. The van der Waals surface area contributed by atoms with Crippen LogP contribution in [0.25, 0.3) is 0 Å². The number of hydrogen-bond donors (Lipinski definition) is 2. The van der Waals surface area contributed by atoms with Gasteiger partial charge in [0, 0.05) is 12.5 Å². The number of aryl methyl sites for hydroxylation is 1. The quantitative estimate of drug-likeness (QED) is 0.867. The van der Waals surface area contributed by atoms with Crippen LogP contribution in [0.5, 0.6) is 0 Å². The lowest BCUT2D eigenvalue weighted by molar-refractivity contribution is -0.126. The predicted octanol–water partition coefficient (Wildman–Crippen LogP) is 2.59. The van der Waals surface area contributed by atoms with Gasteiger partial charge >= 0.3 is 0 Å². The van der Waals surface area contributed by atoms with Crippen LogP contribution in [0, 0.1) is 18.8 Å². The fraction of sp³-hybridized carbons (Fsp3) is 0.588. The van der Waals surface area contributed by atoms with Crippen molar-refractivity contribution in [3.8, 4) is 0 Å². The zero-order valence-corrected chi connectivity index (χ0v) is 12.6. The summed E-state index contributed by atoms with van der Waals surface area (Å²) in [5.74, 6) is 1.05. The molecule has 2 rings (SSSR count). The monoisotopic (exact) mass is 274 g/mol. The van der Waals surface area contributed by atoms with Crippen LogP contribution in [0.1, 0.15) is 43.2 Å². The maximum Gasteiger partial charge on any atom is 0.223 e. The average Bonchev–Trinajstić information content (AvgIpc) is 2.93. The molecule has 1 unspecified atom stereocenters. The molecule has 1 aliphatic rings. The maximum atomic E-state index is 12.2. The van der Waals surface area contributed by atoms with Crippen molar-refractivity contribution >= 4 is 5.91 Å². The minimum atomic E-state index is 0.130. The molecule has 1 aromatic rings. The first-order valence-electron chi connectivity index (χ1n) is 7.66. The van der Waals surface area contributed by atoms with Crippen LogP contribution in [-0.2, 0) is 4.79 Å². The second-order valence-electron chi connectivity index (χ2n) is 6.09. The summed E-state index contributed by atoms with van der Waals surface area (Å²) in [5, 5.41) is 3.11. The molecule has 0 aromatic heterocycles. The lowest BCUT2D eigenvalue weighted by atomic mass is 9.94. The maximum absolute atomic E-state index is 12.2. The summed E-state index contributed by atoms with van der Waals surface area (Å²) < 4.78 is 0. The van der Waals surface area contributed by atoms with E-state index in [-0.39, 0.29) is 11.8 Å². The van der Waals surface area contributed by atoms with Crippen molar-refractivity contribution in [3.63, 3.8) is 0 Å². The number of nitrogens with two attached hydrogens (primary N) is 1. The number of nitrogens with one attached hydrogen (secondary N) is 1. The van der Waals surface area contributed by atoms with E-state index in [2.05, 4.69) is 43.4 Å². The van der Waals surface area contributed by atoms with Gasteiger partial charge in [-0.15, -0.1) is 0 Å². The molecule has 0 heterocycles. The van der Waals surface area contributed by atoms with Gasteiger partial charge < -0.3 is 11.1 Å². The molecule has 1 aromatic carbocycles. The SMILES string of the molecule is Cc1ccc(C(C)CNC(=O)[C@@H]2CCC[C@@H]2CN)cc1. The third-order valence-corrected chi connectivity index (χ3v) is 4.53. The standard InChI is InChI=1S/C17H26N2O/c1-12-6-8-14(9-7-12)13(2)11-19-17(20)16-5-3-4-15(16)10-18/h6-9,13,15-16H,3-5,10-11,18H2,1-2H3,(H,19,20)/t13?,15-,16-/m1/s1. The Morgan fingerprint density at radius 2 is 2.05 bits per heavy atom. The number of rotatable bonds is 5. The molecular weight excluding hydrogens is 248 g/mol. The topological polar surface area (TPSA) is 55.1 Å². The molecule has 20 heavy (non-hydrogen) atoms. The van der Waals surface area contributed by atoms with Crippen molar-refractivity contribution in [2.75, 3.05) is 13.1 Å². The Morgan fingerprint density at radius 3 is 2.70 bits per heavy atom. The van der Waals surface area contributed by atoms with Gasteiger partial charge in [-0.3, -0.25) is 4.79 Å². The van der Waals surface area contributed by atoms with Gasteiger partial charge in [0.25, 0.3) is 0 Å². The van der Waals surface area contributed by atoms with Crippen molar-refractivity contribution in [3.05, 3.63) is 35.4 Å². The van der Waals surface area contributed by atoms with Crippen molar-refractivity contribution < 1.29 is 4.79 Å². The van der Waals surface area contributed by atoms with Crippen molar-refractivity contribution in [2.24, 2.45) is 17.6 Å². The van der Waals surface area contributed by atoms with E-state index in [1.54, 1.807) is 0 Å². The smallest absolute Gasteiger partial charge is 0.223 e. The van der Waals surface area contributed by atoms with E-state index in [4.69, 9.17) is 5.73 Å². The lowest BCUT2D eigenvalue weighted by Gasteiger charge is -2.19. The molecule has 0 radical (unpaired) electrons. The van der Waals surface area contributed by atoms with Crippen molar-refractivity contribution in [2.45, 2.75) is 39.0 Å². The van der Waals surface area contributed by atoms with Crippen molar-refractivity contribution in [1.82, 2.24) is 5.32 Å². The second kappa shape index (κ2) is 6.89. The van der Waals surface area contributed by atoms with Crippen LogP contribution >= 0.6 is 0 Å². The Hall–Kier alpha value is -1.35. The van der Waals surface area contributed by atoms with Crippen LogP contribution in [0.15, 0.2) is 24.3 Å². The van der Waals surface area contributed by atoms with E-state index in [1.807, 2.05) is 0 Å². The van der Waals surface area contributed by atoms with E-state index < -0.39 is 0 Å². The molecule has 3 nitrogen and oxygen atoms in total. The molecule has 3 atom stereocenters. The minimum absolute atomic E-state index is 0.130. The molecule has 3 heteroatoms. The largest absolute Gasteiger partial charge is 0.355 e. The third kappa shape index (κ3) is 3.60. The first-order valence-corrected chi connectivity index (χ1v) is 7.66. The Bertz CT molecular complexity index is 441. The molecule has 1 saturated carbocycles. The third-order valence-electron chi connectivity index (χ3n) is 4.53. The Kier molecular flexibility index (Phi) is 5.18. The van der Waals surface area contributed by atoms with E-state index in [1.165, 1.54) is 11.1 Å². The first-order chi connectivity index (χ1) is 9.61. The molecule has 3 N–H and O–H groups in total. The van der Waals surface area contributed by atoms with Crippen LogP contribution in [0.4, 0.5) is 0 Å². The molecule has 0 saturated heterocycles. The van der Waals surface area contributed by atoms with E-state index in [0.717, 1.165) is 19.3 Å². The van der Waals surface area contributed by atoms with Gasteiger partial charge in [-0.1, -0.05) is 43.2 Å². The zero-order valence-electron chi connectivity index (χ0n) is 12.6. The summed E-state index contributed by atoms with van der Waals surface area (Å²) in [7, 11) is 0. The van der Waals surface area contributed by atoms with E-state index in [0.29, 0.717) is 24.9 Å². The van der Waals surface area contributed by atoms with E-state index >= 15 is 0 Å². The fourth-order valence-corrected chi connectivity index (χ4v) is 3.06. The van der Waals surface area contributed by atoms with Gasteiger partial charge in [-0.05, 0) is 43.7 Å². The summed E-state index contributed by atoms with van der Waals surface area (Å²) in [5.41, 5.74) is 8.28. The van der Waals surface area contributed by atoms with Gasteiger partial charge in [0.15, 0.2) is 0 Å². The normalized spacial score (nSPS) is 23.6. The molecule has 0 spiro atoms. The van der Waals surface area contributed by atoms with Gasteiger partial charge in [-0.2, -0.15) is 0 Å². The molecular formula is C17H26N2O. The van der Waals surface area contributed by atoms with Crippen LogP contribution in [0.2, 0.25) is 0 Å². The second-order valence-corrected chi connectivity index (χ2v) is 6.09. The van der Waals surface area contributed by atoms with Gasteiger partial charge in [0.1, 0.15) is 0 Å². The highest BCUT2D eigenvalue weighted by molar-refractivity contribution is 5.79. The van der Waals surface area contributed by atoms with Gasteiger partial charge in [0.05, 0.1) is 0 Å². The molecule has 0 aliphatic heterocycles. The highest BCUT2D eigenvalue weighted by Gasteiger charge is 2.31. The Labute approximate surface area is 121 Å². The summed E-state index contributed by atoms with van der Waals surface area (Å²) in [4.78, 5) is 12.2. The average molecular weight is 274 g/mol. The lowest BCUT2D eigenvalue weighted by Crippen LogP contribution is -2.36. The summed E-state index contributed by atoms with van der Waals surface area (Å²) in [6.07, 6.45) is 3.22. The number of carbonyl (C=O) groups excluding carboxylic acids is 1. The highest BCUT2D eigenvalue weighted by atomic mass is 16.1. The number of hydrogen-bond acceptors (Lipinski definition) is 2. The fourth-order valence-electron chi connectivity index (χ4n) is 3.06. The zero-order chi connectivity index (χ0) is 14.5. The summed E-state index contributed by atoms with van der Waals surface area (Å²) in [6.45, 7) is 5.57. The summed E-state index contributed by atoms with van der Waals surface area (Å²) in [6, 6.07) is 8.53. The Morgan fingerprint density at radius 1 is 1.35 bits per heavy atom. The molecule has 1 fully saturated rings. The Balaban J connectivity index is 1.85. The highest BCUT2D eigenvalue weighted by Crippen LogP contribution is 2.31. The first kappa shape index (κ1) is 15.0. The van der Waals surface area contributed by atoms with Crippen LogP contribution in [-0.4, -0.2) is 19.0 Å². The van der Waals surface area contributed by atoms with Crippen molar-refractivity contribution in [1.29, 1.82) is 0 Å². The summed E-state index contributed by atoms with van der Waals surface area (Å²) >= 11 is 0. The number of carbonyl (C=O) groups is 1. The molecule has 0 bridgehead atoms. The minimum Gasteiger partial charge on any atom is -0.355 e. The molecule has 1 amide bonds. The molecule has 1 aliphatic carbocycles.